The van der Waals surface area contributed by atoms with Crippen LogP contribution in [-0.2, 0) is 19.5 Å². The Kier molecular flexibility index (Phi) is 5.13. The van der Waals surface area contributed by atoms with E-state index in [0.717, 1.165) is 36.5 Å². The third kappa shape index (κ3) is 3.81. The van der Waals surface area contributed by atoms with Crippen LogP contribution in [0.15, 0.2) is 42.5 Å². The van der Waals surface area contributed by atoms with Gasteiger partial charge in [0.05, 0.1) is 0 Å². The maximum atomic E-state index is 5.79. The van der Waals surface area contributed by atoms with Gasteiger partial charge in [-0.3, -0.25) is 0 Å². The van der Waals surface area contributed by atoms with Crippen molar-refractivity contribution >= 4 is 5.82 Å². The highest BCUT2D eigenvalue weighted by Gasteiger charge is 2.07. The minimum atomic E-state index is 0.561. The normalized spacial score (nSPS) is 10.6. The van der Waals surface area contributed by atoms with Gasteiger partial charge < -0.3 is 10.6 Å². The van der Waals surface area contributed by atoms with Crippen LogP contribution in [0, 0.1) is 0 Å². The summed E-state index contributed by atoms with van der Waals surface area (Å²) in [5.74, 6) is 1.00. The van der Waals surface area contributed by atoms with Crippen LogP contribution in [0.4, 0.5) is 5.82 Å². The van der Waals surface area contributed by atoms with Crippen LogP contribution in [0.3, 0.4) is 0 Å². The Bertz CT molecular complexity index is 537. The zero-order valence-corrected chi connectivity index (χ0v) is 12.3. The number of aromatic nitrogens is 1. The molecule has 1 aromatic carbocycles. The fourth-order valence-corrected chi connectivity index (χ4v) is 2.27. The largest absolute Gasteiger partial charge is 0.355 e. The predicted molar refractivity (Wildman–Crippen MR) is 84.7 cm³/mol. The highest BCUT2D eigenvalue weighted by atomic mass is 15.2. The molecule has 1 aromatic heterocycles. The van der Waals surface area contributed by atoms with Gasteiger partial charge in [-0.25, -0.2) is 4.98 Å². The molecule has 3 nitrogen and oxygen atoms in total. The number of nitrogens with zero attached hydrogens (tertiary/aromatic N) is 2. The van der Waals surface area contributed by atoms with E-state index >= 15 is 0 Å². The fourth-order valence-electron chi connectivity index (χ4n) is 2.27. The summed E-state index contributed by atoms with van der Waals surface area (Å²) in [7, 11) is 2.07. The van der Waals surface area contributed by atoms with Crippen molar-refractivity contribution in [1.29, 1.82) is 0 Å². The molecule has 0 spiro atoms. The molecule has 0 bridgehead atoms. The molecule has 0 saturated carbocycles. The van der Waals surface area contributed by atoms with Gasteiger partial charge >= 0.3 is 0 Å². The summed E-state index contributed by atoms with van der Waals surface area (Å²) in [5.41, 5.74) is 9.36. The number of pyridine rings is 1. The van der Waals surface area contributed by atoms with Gasteiger partial charge in [0.1, 0.15) is 5.82 Å². The Morgan fingerprint density at radius 2 is 1.85 bits per heavy atom. The summed E-state index contributed by atoms with van der Waals surface area (Å²) in [6.07, 6.45) is 2.10. The first-order valence-electron chi connectivity index (χ1n) is 7.18. The second-order valence-corrected chi connectivity index (χ2v) is 5.12. The number of hydrogen-bond donors (Lipinski definition) is 1. The third-order valence-corrected chi connectivity index (χ3v) is 3.32. The molecule has 0 fully saturated rings. The lowest BCUT2D eigenvalue weighted by atomic mass is 10.1. The second-order valence-electron chi connectivity index (χ2n) is 5.12. The van der Waals surface area contributed by atoms with Crippen LogP contribution < -0.4 is 10.6 Å². The van der Waals surface area contributed by atoms with Crippen LogP contribution in [0.2, 0.25) is 0 Å². The minimum Gasteiger partial charge on any atom is -0.355 e. The Morgan fingerprint density at radius 1 is 1.10 bits per heavy atom. The summed E-state index contributed by atoms with van der Waals surface area (Å²) in [4.78, 5) is 6.91. The molecule has 0 aliphatic rings. The molecule has 2 N–H and O–H groups in total. The monoisotopic (exact) mass is 269 g/mol. The van der Waals surface area contributed by atoms with Gasteiger partial charge in [0.25, 0.3) is 0 Å². The zero-order chi connectivity index (χ0) is 14.4. The van der Waals surface area contributed by atoms with Crippen LogP contribution in [0.5, 0.6) is 0 Å². The molecule has 3 heteroatoms. The number of hydrogen-bond acceptors (Lipinski definition) is 3. The van der Waals surface area contributed by atoms with E-state index in [-0.39, 0.29) is 0 Å². The van der Waals surface area contributed by atoms with Crippen LogP contribution >= 0.6 is 0 Å². The van der Waals surface area contributed by atoms with E-state index in [1.807, 2.05) is 6.07 Å². The lowest BCUT2D eigenvalue weighted by Gasteiger charge is -2.20. The highest BCUT2D eigenvalue weighted by molar-refractivity contribution is 5.43. The molecule has 1 heterocycles. The van der Waals surface area contributed by atoms with E-state index in [0.29, 0.717) is 6.54 Å². The number of anilines is 1. The van der Waals surface area contributed by atoms with E-state index < -0.39 is 0 Å². The number of aryl methyl sites for hydroxylation is 1. The van der Waals surface area contributed by atoms with E-state index in [9.17, 15) is 0 Å². The van der Waals surface area contributed by atoms with Crippen molar-refractivity contribution in [2.24, 2.45) is 5.73 Å². The van der Waals surface area contributed by atoms with Gasteiger partial charge in [0.2, 0.25) is 0 Å². The van der Waals surface area contributed by atoms with Crippen LogP contribution in [-0.4, -0.2) is 12.0 Å². The first-order valence-corrected chi connectivity index (χ1v) is 7.18. The molecular weight excluding hydrogens is 246 g/mol. The maximum Gasteiger partial charge on any atom is 0.129 e. The smallest absolute Gasteiger partial charge is 0.129 e. The quantitative estimate of drug-likeness (QED) is 0.876. The number of nitrogens with two attached hydrogens (primary N) is 1. The third-order valence-electron chi connectivity index (χ3n) is 3.32. The lowest BCUT2D eigenvalue weighted by molar-refractivity contribution is 0.842. The van der Waals surface area contributed by atoms with Gasteiger partial charge in [0.15, 0.2) is 0 Å². The van der Waals surface area contributed by atoms with Gasteiger partial charge in [0, 0.05) is 25.8 Å². The summed E-state index contributed by atoms with van der Waals surface area (Å²) in [5, 5.41) is 0. The molecule has 0 radical (unpaired) electrons. The van der Waals surface area contributed by atoms with E-state index in [1.54, 1.807) is 0 Å². The van der Waals surface area contributed by atoms with Gasteiger partial charge in [-0.05, 0) is 29.7 Å². The topological polar surface area (TPSA) is 42.1 Å². The average Bonchev–Trinajstić information content (AvgIpc) is 2.48. The van der Waals surface area contributed by atoms with Crippen molar-refractivity contribution in [2.75, 3.05) is 11.9 Å². The lowest BCUT2D eigenvalue weighted by Crippen LogP contribution is -2.18. The van der Waals surface area contributed by atoms with Crippen LogP contribution in [0.25, 0.3) is 0 Å². The standard InChI is InChI=1S/C17H23N3/c1-3-7-16-10-15(12-18)11-17(19-16)20(2)13-14-8-5-4-6-9-14/h4-6,8-11H,3,7,12-13,18H2,1-2H3. The van der Waals surface area contributed by atoms with Crippen molar-refractivity contribution in [1.82, 2.24) is 4.98 Å². The Balaban J connectivity index is 2.19. The Labute approximate surface area is 121 Å². The van der Waals surface area contributed by atoms with Gasteiger partial charge in [-0.15, -0.1) is 0 Å². The molecule has 20 heavy (non-hydrogen) atoms. The molecule has 0 unspecified atom stereocenters. The van der Waals surface area contributed by atoms with Crippen LogP contribution in [0.1, 0.15) is 30.2 Å². The Morgan fingerprint density at radius 3 is 2.50 bits per heavy atom. The van der Waals surface area contributed by atoms with Crippen molar-refractivity contribution in [3.05, 3.63) is 59.3 Å². The van der Waals surface area contributed by atoms with Crippen molar-refractivity contribution in [3.8, 4) is 0 Å². The maximum absolute atomic E-state index is 5.79. The zero-order valence-electron chi connectivity index (χ0n) is 12.3. The fraction of sp³-hybridized carbons (Fsp3) is 0.353. The predicted octanol–water partition coefficient (Wildman–Crippen LogP) is 3.13. The summed E-state index contributed by atoms with van der Waals surface area (Å²) < 4.78 is 0. The SMILES string of the molecule is CCCc1cc(CN)cc(N(C)Cc2ccccc2)n1. The first kappa shape index (κ1) is 14.5. The molecule has 0 saturated heterocycles. The second kappa shape index (κ2) is 7.06. The molecule has 2 aromatic rings. The van der Waals surface area contributed by atoms with E-state index in [2.05, 4.69) is 55.3 Å². The average molecular weight is 269 g/mol. The molecular formula is C17H23N3. The van der Waals surface area contributed by atoms with Gasteiger partial charge in [-0.2, -0.15) is 0 Å². The number of rotatable bonds is 6. The molecule has 0 amide bonds. The Hall–Kier alpha value is -1.87. The van der Waals surface area contributed by atoms with Crippen molar-refractivity contribution < 1.29 is 0 Å². The highest BCUT2D eigenvalue weighted by Crippen LogP contribution is 2.17. The molecule has 106 valence electrons. The molecule has 0 aliphatic heterocycles. The minimum absolute atomic E-state index is 0.561. The molecule has 2 rings (SSSR count). The molecule has 0 aliphatic carbocycles. The van der Waals surface area contributed by atoms with Gasteiger partial charge in [-0.1, -0.05) is 43.7 Å². The molecule has 0 atom stereocenters. The van der Waals surface area contributed by atoms with Crippen molar-refractivity contribution in [3.63, 3.8) is 0 Å². The summed E-state index contributed by atoms with van der Waals surface area (Å²) in [6.45, 7) is 3.59. The first-order chi connectivity index (χ1) is 9.72. The van der Waals surface area contributed by atoms with Crippen molar-refractivity contribution in [2.45, 2.75) is 32.9 Å². The van der Waals surface area contributed by atoms with E-state index in [4.69, 9.17) is 10.7 Å². The van der Waals surface area contributed by atoms with E-state index in [1.165, 1.54) is 5.56 Å². The number of benzene rings is 1. The summed E-state index contributed by atoms with van der Waals surface area (Å²) >= 11 is 0. The summed E-state index contributed by atoms with van der Waals surface area (Å²) in [6, 6.07) is 14.6.